The number of anilines is 1. The lowest BCUT2D eigenvalue weighted by atomic mass is 10.0. The Hall–Kier alpha value is -4.02. The van der Waals surface area contributed by atoms with Gasteiger partial charge in [0.15, 0.2) is 5.69 Å². The smallest absolute Gasteiger partial charge is 0.274 e. The molecular weight excluding hydrogens is 508 g/mol. The van der Waals surface area contributed by atoms with E-state index in [2.05, 4.69) is 25.8 Å². The second-order valence-electron chi connectivity index (χ2n) is 11.2. The largest absolute Gasteiger partial charge is 0.351 e. The number of hydrogen-bond acceptors (Lipinski definition) is 6. The van der Waals surface area contributed by atoms with E-state index in [4.69, 9.17) is 0 Å². The van der Waals surface area contributed by atoms with Gasteiger partial charge in [-0.05, 0) is 56.6 Å². The van der Waals surface area contributed by atoms with Crippen molar-refractivity contribution in [2.75, 3.05) is 25.0 Å². The summed E-state index contributed by atoms with van der Waals surface area (Å²) >= 11 is 0. The molecule has 0 spiro atoms. The minimum atomic E-state index is -0.413. The van der Waals surface area contributed by atoms with Crippen LogP contribution in [0.25, 0.3) is 11.3 Å². The molecule has 210 valence electrons. The fourth-order valence-corrected chi connectivity index (χ4v) is 5.48. The van der Waals surface area contributed by atoms with E-state index in [-0.39, 0.29) is 29.2 Å². The van der Waals surface area contributed by atoms with Gasteiger partial charge >= 0.3 is 0 Å². The van der Waals surface area contributed by atoms with Gasteiger partial charge in [0.1, 0.15) is 5.69 Å². The highest BCUT2D eigenvalue weighted by Gasteiger charge is 2.30. The summed E-state index contributed by atoms with van der Waals surface area (Å²) in [6.45, 7) is 2.69. The van der Waals surface area contributed by atoms with Gasteiger partial charge in [0.05, 0.1) is 23.6 Å². The molecule has 4 bridgehead atoms. The molecule has 40 heavy (non-hydrogen) atoms. The van der Waals surface area contributed by atoms with Crippen LogP contribution in [0.1, 0.15) is 84.8 Å². The number of piperidine rings is 1. The van der Waals surface area contributed by atoms with Crippen molar-refractivity contribution >= 4 is 23.4 Å². The van der Waals surface area contributed by atoms with Crippen molar-refractivity contribution < 1.29 is 14.4 Å². The monoisotopic (exact) mass is 544 g/mol. The number of aryl methyl sites for hydroxylation is 1. The first kappa shape index (κ1) is 26.2. The normalized spacial score (nSPS) is 19.2. The molecule has 0 radical (unpaired) electrons. The molecule has 2 aliphatic heterocycles. The number of nitrogens with one attached hydrogen (secondary N) is 2. The molecule has 0 unspecified atom stereocenters. The summed E-state index contributed by atoms with van der Waals surface area (Å²) in [5.74, 6) is 0.0942. The highest BCUT2D eigenvalue weighted by atomic mass is 16.2. The van der Waals surface area contributed by atoms with Crippen LogP contribution >= 0.6 is 0 Å². The summed E-state index contributed by atoms with van der Waals surface area (Å²) in [5.41, 5.74) is 2.31. The molecular formula is C29H36N8O3. The molecule has 0 aromatic carbocycles. The third-order valence-corrected chi connectivity index (χ3v) is 8.06. The van der Waals surface area contributed by atoms with Gasteiger partial charge in [-0.2, -0.15) is 10.2 Å². The van der Waals surface area contributed by atoms with E-state index in [0.717, 1.165) is 50.6 Å². The molecule has 3 aromatic rings. The third-order valence-electron chi connectivity index (χ3n) is 8.06. The quantitative estimate of drug-likeness (QED) is 0.518. The number of nitrogens with zero attached hydrogens (tertiary/aromatic N) is 6. The minimum Gasteiger partial charge on any atom is -0.351 e. The van der Waals surface area contributed by atoms with Gasteiger partial charge in [0.25, 0.3) is 11.8 Å². The van der Waals surface area contributed by atoms with E-state index in [0.29, 0.717) is 43.4 Å². The van der Waals surface area contributed by atoms with E-state index in [1.54, 1.807) is 29.2 Å². The molecule has 6 rings (SSSR count). The van der Waals surface area contributed by atoms with Gasteiger partial charge in [-0.3, -0.25) is 23.7 Å². The number of carbonyl (C=O) groups excluding carboxylic acids is 3. The average Bonchev–Trinajstić information content (AvgIpc) is 3.48. The van der Waals surface area contributed by atoms with Crippen LogP contribution in [0, 0.1) is 5.92 Å². The second kappa shape index (κ2) is 11.6. The standard InChI is InChI=1S/C29H36N8O3/c38-26(16-20-8-9-20)35-14-10-22(11-15-35)37-19-25-27(34-37)29(40)30-12-3-1-2-4-13-36-18-21(17-31-36)23-6-5-7-24(32-23)28(39)33-25/h5-7,17-20,22H,1-4,8-16H2,(H,30,40)(H,33,39). The Labute approximate surface area is 233 Å². The molecule has 2 N–H and O–H groups in total. The fourth-order valence-electron chi connectivity index (χ4n) is 5.48. The molecule has 1 saturated heterocycles. The van der Waals surface area contributed by atoms with Crippen molar-refractivity contribution in [3.63, 3.8) is 0 Å². The molecule has 1 aliphatic carbocycles. The first-order valence-electron chi connectivity index (χ1n) is 14.5. The summed E-state index contributed by atoms with van der Waals surface area (Å²) in [6.07, 6.45) is 13.9. The van der Waals surface area contributed by atoms with Crippen LogP contribution in [-0.2, 0) is 11.3 Å². The Bertz CT molecular complexity index is 1380. The number of likely N-dealkylation sites (tertiary alicyclic amines) is 1. The van der Waals surface area contributed by atoms with Crippen LogP contribution in [0.4, 0.5) is 5.69 Å². The summed E-state index contributed by atoms with van der Waals surface area (Å²) in [7, 11) is 0. The summed E-state index contributed by atoms with van der Waals surface area (Å²) in [6, 6.07) is 5.35. The van der Waals surface area contributed by atoms with Gasteiger partial charge in [-0.1, -0.05) is 18.9 Å². The fraction of sp³-hybridized carbons (Fsp3) is 0.517. The lowest BCUT2D eigenvalue weighted by Gasteiger charge is -2.32. The number of carbonyl (C=O) groups is 3. The van der Waals surface area contributed by atoms with Crippen molar-refractivity contribution in [2.45, 2.75) is 70.4 Å². The zero-order valence-electron chi connectivity index (χ0n) is 22.7. The number of fused-ring (bicyclic) bond motifs is 6. The van der Waals surface area contributed by atoms with E-state index in [1.807, 2.05) is 21.8 Å². The third kappa shape index (κ3) is 6.08. The second-order valence-corrected chi connectivity index (χ2v) is 11.2. The molecule has 5 heterocycles. The molecule has 11 heteroatoms. The van der Waals surface area contributed by atoms with Crippen LogP contribution in [-0.4, -0.2) is 66.8 Å². The Morgan fingerprint density at radius 2 is 1.73 bits per heavy atom. The van der Waals surface area contributed by atoms with E-state index in [9.17, 15) is 14.4 Å². The van der Waals surface area contributed by atoms with Crippen molar-refractivity contribution in [3.05, 3.63) is 48.2 Å². The van der Waals surface area contributed by atoms with Crippen molar-refractivity contribution in [1.29, 1.82) is 0 Å². The Morgan fingerprint density at radius 1 is 0.925 bits per heavy atom. The highest BCUT2D eigenvalue weighted by Crippen LogP contribution is 2.34. The minimum absolute atomic E-state index is 0.0433. The highest BCUT2D eigenvalue weighted by molar-refractivity contribution is 6.07. The molecule has 3 amide bonds. The van der Waals surface area contributed by atoms with Gasteiger partial charge in [0, 0.05) is 50.6 Å². The zero-order chi connectivity index (χ0) is 27.5. The van der Waals surface area contributed by atoms with E-state index < -0.39 is 5.91 Å². The molecule has 3 aromatic heterocycles. The number of amides is 3. The van der Waals surface area contributed by atoms with Gasteiger partial charge < -0.3 is 15.5 Å². The zero-order valence-corrected chi connectivity index (χ0v) is 22.7. The van der Waals surface area contributed by atoms with Crippen molar-refractivity contribution in [2.24, 2.45) is 5.92 Å². The van der Waals surface area contributed by atoms with Gasteiger partial charge in [-0.15, -0.1) is 0 Å². The van der Waals surface area contributed by atoms with Crippen LogP contribution in [0.3, 0.4) is 0 Å². The SMILES string of the molecule is O=C1Nc2cn(C3CCN(C(=O)CC4CC4)CC3)nc2C(=O)NCCCCCCn2cc(cn2)-c2cccc1n2. The van der Waals surface area contributed by atoms with Crippen molar-refractivity contribution in [1.82, 2.24) is 34.8 Å². The Morgan fingerprint density at radius 3 is 2.55 bits per heavy atom. The molecule has 3 aliphatic rings. The predicted octanol–water partition coefficient (Wildman–Crippen LogP) is 3.66. The van der Waals surface area contributed by atoms with Crippen LogP contribution in [0.2, 0.25) is 0 Å². The lowest BCUT2D eigenvalue weighted by Crippen LogP contribution is -2.39. The maximum Gasteiger partial charge on any atom is 0.274 e. The van der Waals surface area contributed by atoms with Crippen LogP contribution < -0.4 is 10.6 Å². The van der Waals surface area contributed by atoms with E-state index in [1.165, 1.54) is 12.8 Å². The summed E-state index contributed by atoms with van der Waals surface area (Å²) in [5, 5.41) is 15.0. The maximum atomic E-state index is 13.3. The van der Waals surface area contributed by atoms with Crippen LogP contribution in [0.15, 0.2) is 36.8 Å². The maximum absolute atomic E-state index is 13.3. The number of pyridine rings is 1. The molecule has 11 nitrogen and oxygen atoms in total. The molecule has 0 atom stereocenters. The predicted molar refractivity (Wildman–Crippen MR) is 149 cm³/mol. The number of aromatic nitrogens is 5. The first-order valence-corrected chi connectivity index (χ1v) is 14.5. The first-order chi connectivity index (χ1) is 19.5. The topological polar surface area (TPSA) is 127 Å². The Kier molecular flexibility index (Phi) is 7.61. The van der Waals surface area contributed by atoms with Gasteiger partial charge in [0.2, 0.25) is 5.91 Å². The number of hydrogen-bond donors (Lipinski definition) is 2. The average molecular weight is 545 g/mol. The van der Waals surface area contributed by atoms with E-state index >= 15 is 0 Å². The summed E-state index contributed by atoms with van der Waals surface area (Å²) in [4.78, 5) is 45.6. The van der Waals surface area contributed by atoms with Crippen LogP contribution in [0.5, 0.6) is 0 Å². The van der Waals surface area contributed by atoms with Crippen molar-refractivity contribution in [3.8, 4) is 11.3 Å². The van der Waals surface area contributed by atoms with Gasteiger partial charge in [-0.25, -0.2) is 4.98 Å². The molecule has 2 fully saturated rings. The lowest BCUT2D eigenvalue weighted by molar-refractivity contribution is -0.132. The summed E-state index contributed by atoms with van der Waals surface area (Å²) < 4.78 is 3.69. The number of rotatable bonds is 3. The Balaban J connectivity index is 1.22. The molecule has 1 saturated carbocycles.